The Morgan fingerprint density at radius 3 is 2.19 bits per heavy atom. The minimum atomic E-state index is -0.258. The number of carbonyl (C=O) groups excluding carboxylic acids is 1. The average Bonchev–Trinajstić information content (AvgIpc) is 2.90. The zero-order valence-electron chi connectivity index (χ0n) is 21.5. The Hall–Kier alpha value is -3.74. The van der Waals surface area contributed by atoms with Crippen LogP contribution in [-0.4, -0.2) is 32.8 Å². The van der Waals surface area contributed by atoms with Gasteiger partial charge in [-0.05, 0) is 91.6 Å². The largest absolute Gasteiger partial charge is 0.493 e. The second-order valence-corrected chi connectivity index (χ2v) is 9.33. The molecule has 6 nitrogen and oxygen atoms in total. The van der Waals surface area contributed by atoms with Crippen molar-refractivity contribution in [2.75, 3.05) is 20.8 Å². The maximum atomic E-state index is 13.1. The zero-order valence-corrected chi connectivity index (χ0v) is 21.5. The summed E-state index contributed by atoms with van der Waals surface area (Å²) in [6, 6.07) is 18.2. The Morgan fingerprint density at radius 2 is 1.54 bits per heavy atom. The number of methoxy groups -OCH3 is 2. The molecule has 1 heterocycles. The van der Waals surface area contributed by atoms with E-state index in [-0.39, 0.29) is 17.9 Å². The number of hydrogen-bond acceptors (Lipinski definition) is 4. The van der Waals surface area contributed by atoms with Gasteiger partial charge in [0.15, 0.2) is 23.0 Å². The number of carbonyl (C=O) groups is 1. The van der Waals surface area contributed by atoms with Gasteiger partial charge in [-0.25, -0.2) is 9.18 Å². The van der Waals surface area contributed by atoms with Crippen LogP contribution in [0.2, 0.25) is 0 Å². The van der Waals surface area contributed by atoms with Crippen molar-refractivity contribution in [3.05, 3.63) is 83.2 Å². The molecular formula is C30H35FN2O4. The van der Waals surface area contributed by atoms with Gasteiger partial charge in [0.2, 0.25) is 0 Å². The van der Waals surface area contributed by atoms with Crippen LogP contribution < -0.4 is 24.8 Å². The second kappa shape index (κ2) is 13.0. The number of rotatable bonds is 6. The van der Waals surface area contributed by atoms with E-state index < -0.39 is 0 Å². The van der Waals surface area contributed by atoms with Gasteiger partial charge in [0.05, 0.1) is 14.2 Å². The Balaban J connectivity index is 1.42. The number of amides is 2. The van der Waals surface area contributed by atoms with Crippen LogP contribution in [0.4, 0.5) is 9.18 Å². The van der Waals surface area contributed by atoms with Crippen molar-refractivity contribution in [3.8, 4) is 23.0 Å². The topological polar surface area (TPSA) is 68.8 Å². The Labute approximate surface area is 218 Å². The Kier molecular flexibility index (Phi) is 9.24. The maximum Gasteiger partial charge on any atom is 0.315 e. The molecule has 37 heavy (non-hydrogen) atoms. The van der Waals surface area contributed by atoms with E-state index in [1.165, 1.54) is 17.7 Å². The van der Waals surface area contributed by atoms with Crippen LogP contribution in [0.15, 0.2) is 60.7 Å². The molecule has 0 saturated carbocycles. The second-order valence-electron chi connectivity index (χ2n) is 9.33. The summed E-state index contributed by atoms with van der Waals surface area (Å²) in [6.45, 7) is 0.489. The molecular weight excluding hydrogens is 471 g/mol. The average molecular weight is 507 g/mol. The fraction of sp³-hybridized carbons (Fsp3) is 0.367. The Bertz CT molecular complexity index is 1180. The minimum absolute atomic E-state index is 0.0478. The van der Waals surface area contributed by atoms with Crippen molar-refractivity contribution >= 4 is 6.03 Å². The number of halogens is 1. The standard InChI is InChI=1S/C30H35FN2O4/c1-35-26-15-10-22-5-3-4-6-25(33-30(34)32-18-17-21-7-12-24(31)13-8-21)14-9-23-11-16-27(36-2)29(20-23)37-28(26)19-22/h7-8,10-13,15-16,19-20,25H,3-6,9,14,17-18H2,1-2H3,(H2,32,33,34). The number of ether oxygens (including phenoxy) is 3. The third-order valence-electron chi connectivity index (χ3n) is 6.67. The van der Waals surface area contributed by atoms with Crippen LogP contribution in [0, 0.1) is 5.82 Å². The van der Waals surface area contributed by atoms with Crippen molar-refractivity contribution in [3.63, 3.8) is 0 Å². The highest BCUT2D eigenvalue weighted by molar-refractivity contribution is 5.74. The van der Waals surface area contributed by atoms with Crippen molar-refractivity contribution in [1.29, 1.82) is 0 Å². The lowest BCUT2D eigenvalue weighted by molar-refractivity contribution is 0.235. The summed E-state index contributed by atoms with van der Waals surface area (Å²) in [7, 11) is 3.27. The van der Waals surface area contributed by atoms with Gasteiger partial charge in [0, 0.05) is 12.6 Å². The summed E-state index contributed by atoms with van der Waals surface area (Å²) >= 11 is 0. The molecule has 196 valence electrons. The molecule has 2 N–H and O–H groups in total. The van der Waals surface area contributed by atoms with Crippen molar-refractivity contribution in [1.82, 2.24) is 10.6 Å². The predicted octanol–water partition coefficient (Wildman–Crippen LogP) is 6.20. The number of urea groups is 1. The first-order valence-electron chi connectivity index (χ1n) is 12.8. The molecule has 4 bridgehead atoms. The SMILES string of the molecule is COc1ccc2cc1Oc1cc(ccc1OC)CCC(NC(=O)NCCc1ccc(F)cc1)CCCC2. The molecule has 1 aliphatic rings. The van der Waals surface area contributed by atoms with Crippen molar-refractivity contribution in [2.24, 2.45) is 0 Å². The van der Waals surface area contributed by atoms with E-state index in [9.17, 15) is 9.18 Å². The number of nitrogens with one attached hydrogen (secondary N) is 2. The van der Waals surface area contributed by atoms with Gasteiger partial charge in [-0.1, -0.05) is 30.7 Å². The summed E-state index contributed by atoms with van der Waals surface area (Å²) < 4.78 is 30.4. The first-order chi connectivity index (χ1) is 18.0. The zero-order chi connectivity index (χ0) is 26.0. The van der Waals surface area contributed by atoms with Crippen LogP contribution in [0.3, 0.4) is 0 Å². The molecule has 1 atom stereocenters. The normalized spacial score (nSPS) is 15.6. The molecule has 0 aliphatic carbocycles. The first kappa shape index (κ1) is 26.3. The van der Waals surface area contributed by atoms with E-state index in [0.717, 1.165) is 49.7 Å². The Morgan fingerprint density at radius 1 is 0.892 bits per heavy atom. The summed E-state index contributed by atoms with van der Waals surface area (Å²) in [5.41, 5.74) is 3.26. The first-order valence-corrected chi connectivity index (χ1v) is 12.8. The number of hydrogen-bond donors (Lipinski definition) is 2. The molecule has 0 fully saturated rings. The van der Waals surface area contributed by atoms with E-state index in [0.29, 0.717) is 36.0 Å². The fourth-order valence-corrected chi connectivity index (χ4v) is 4.59. The molecule has 3 aromatic rings. The molecule has 0 aromatic heterocycles. The highest BCUT2D eigenvalue weighted by Gasteiger charge is 2.16. The van der Waals surface area contributed by atoms with Crippen LogP contribution in [0.1, 0.15) is 42.4 Å². The van der Waals surface area contributed by atoms with Gasteiger partial charge in [-0.2, -0.15) is 0 Å². The molecule has 1 unspecified atom stereocenters. The molecule has 3 aromatic carbocycles. The molecule has 1 aliphatic heterocycles. The minimum Gasteiger partial charge on any atom is -0.493 e. The highest BCUT2D eigenvalue weighted by Crippen LogP contribution is 2.38. The quantitative estimate of drug-likeness (QED) is 0.417. The number of benzene rings is 3. The van der Waals surface area contributed by atoms with Crippen LogP contribution in [-0.2, 0) is 19.3 Å². The molecule has 4 rings (SSSR count). The lowest BCUT2D eigenvalue weighted by atomic mass is 9.98. The van der Waals surface area contributed by atoms with E-state index in [1.807, 2.05) is 30.3 Å². The third-order valence-corrected chi connectivity index (χ3v) is 6.67. The van der Waals surface area contributed by atoms with Gasteiger partial charge in [-0.3, -0.25) is 0 Å². The van der Waals surface area contributed by atoms with E-state index in [1.54, 1.807) is 26.4 Å². The van der Waals surface area contributed by atoms with Crippen LogP contribution in [0.5, 0.6) is 23.0 Å². The van der Waals surface area contributed by atoms with Gasteiger partial charge in [0.1, 0.15) is 5.82 Å². The number of fused-ring (bicyclic) bond motifs is 4. The van der Waals surface area contributed by atoms with E-state index in [2.05, 4.69) is 16.7 Å². The van der Waals surface area contributed by atoms with Crippen molar-refractivity contribution in [2.45, 2.75) is 51.0 Å². The fourth-order valence-electron chi connectivity index (χ4n) is 4.59. The van der Waals surface area contributed by atoms with Gasteiger partial charge >= 0.3 is 6.03 Å². The number of aryl methyl sites for hydroxylation is 2. The highest BCUT2D eigenvalue weighted by atomic mass is 19.1. The maximum absolute atomic E-state index is 13.1. The molecule has 0 radical (unpaired) electrons. The molecule has 7 heteroatoms. The lowest BCUT2D eigenvalue weighted by Crippen LogP contribution is -2.43. The van der Waals surface area contributed by atoms with E-state index in [4.69, 9.17) is 14.2 Å². The van der Waals surface area contributed by atoms with Crippen LogP contribution in [0.25, 0.3) is 0 Å². The smallest absolute Gasteiger partial charge is 0.315 e. The molecule has 2 amide bonds. The van der Waals surface area contributed by atoms with Crippen LogP contribution >= 0.6 is 0 Å². The molecule has 0 spiro atoms. The monoisotopic (exact) mass is 506 g/mol. The lowest BCUT2D eigenvalue weighted by Gasteiger charge is -2.21. The van der Waals surface area contributed by atoms with E-state index >= 15 is 0 Å². The van der Waals surface area contributed by atoms with Gasteiger partial charge in [-0.15, -0.1) is 0 Å². The third kappa shape index (κ3) is 7.62. The summed E-state index contributed by atoms with van der Waals surface area (Å²) in [5.74, 6) is 2.38. The van der Waals surface area contributed by atoms with Crippen molar-refractivity contribution < 1.29 is 23.4 Å². The van der Waals surface area contributed by atoms with Gasteiger partial charge < -0.3 is 24.8 Å². The predicted molar refractivity (Wildman–Crippen MR) is 142 cm³/mol. The molecule has 0 saturated heterocycles. The van der Waals surface area contributed by atoms with Gasteiger partial charge in [0.25, 0.3) is 0 Å². The summed E-state index contributed by atoms with van der Waals surface area (Å²) in [4.78, 5) is 12.6. The summed E-state index contributed by atoms with van der Waals surface area (Å²) in [6.07, 6.45) is 6.06. The summed E-state index contributed by atoms with van der Waals surface area (Å²) in [5, 5.41) is 6.10.